The highest BCUT2D eigenvalue weighted by Gasteiger charge is 2.32. The van der Waals surface area contributed by atoms with Gasteiger partial charge in [-0.15, -0.1) is 11.3 Å². The van der Waals surface area contributed by atoms with Gasteiger partial charge in [0.1, 0.15) is 32.4 Å². The normalized spacial score (nSPS) is 22.5. The molecule has 0 aromatic carbocycles. The number of hydrogen-bond acceptors (Lipinski definition) is 8. The first-order valence-electron chi connectivity index (χ1n) is 11.6. The second-order valence-electron chi connectivity index (χ2n) is 9.03. The molecule has 3 rings (SSSR count). The second-order valence-corrected chi connectivity index (χ2v) is 13.0. The minimum atomic E-state index is -4.12. The third kappa shape index (κ3) is 7.23. The molecule has 4 N–H and O–H groups in total. The van der Waals surface area contributed by atoms with Crippen molar-refractivity contribution in [2.45, 2.75) is 69.3 Å². The molecule has 1 aliphatic rings. The molecule has 37 heavy (non-hydrogen) atoms. The quantitative estimate of drug-likeness (QED) is 0.424. The molecular formula is C22H29Cl2N5O6S2. The lowest BCUT2D eigenvalue weighted by Crippen LogP contribution is -2.48. The van der Waals surface area contributed by atoms with Gasteiger partial charge >= 0.3 is 0 Å². The first kappa shape index (κ1) is 29.4. The first-order valence-corrected chi connectivity index (χ1v) is 14.7. The Balaban J connectivity index is 1.94. The molecule has 0 spiro atoms. The van der Waals surface area contributed by atoms with Gasteiger partial charge in [-0.3, -0.25) is 14.4 Å². The molecule has 11 nitrogen and oxygen atoms in total. The number of amides is 3. The van der Waals surface area contributed by atoms with Gasteiger partial charge in [0.2, 0.25) is 17.7 Å². The Morgan fingerprint density at radius 1 is 1.16 bits per heavy atom. The van der Waals surface area contributed by atoms with Crippen molar-refractivity contribution in [1.29, 1.82) is 0 Å². The average Bonchev–Trinajstić information content (AvgIpc) is 3.37. The number of fused-ring (bicyclic) bond motifs is 2. The van der Waals surface area contributed by atoms with E-state index in [1.54, 1.807) is 13.8 Å². The van der Waals surface area contributed by atoms with Gasteiger partial charge in [0.15, 0.2) is 5.69 Å². The van der Waals surface area contributed by atoms with Crippen molar-refractivity contribution in [3.8, 4) is 0 Å². The molecule has 0 saturated carbocycles. The highest BCUT2D eigenvalue weighted by Crippen LogP contribution is 2.34. The molecular weight excluding hydrogens is 565 g/mol. The van der Waals surface area contributed by atoms with Gasteiger partial charge < -0.3 is 20.4 Å². The number of carbonyl (C=O) groups is 3. The Bertz CT molecular complexity index is 1260. The molecule has 3 amide bonds. The number of oxazole rings is 1. The van der Waals surface area contributed by atoms with Gasteiger partial charge in [-0.1, -0.05) is 37.0 Å². The number of thiophene rings is 1. The molecule has 0 unspecified atom stereocenters. The average molecular weight is 595 g/mol. The van der Waals surface area contributed by atoms with Crippen LogP contribution < -0.4 is 20.7 Å². The van der Waals surface area contributed by atoms with Crippen molar-refractivity contribution < 1.29 is 27.2 Å². The lowest BCUT2D eigenvalue weighted by atomic mass is 10.0. The molecule has 2 bridgehead atoms. The minimum Gasteiger partial charge on any atom is -0.443 e. The van der Waals surface area contributed by atoms with E-state index in [-0.39, 0.29) is 55.7 Å². The molecule has 0 radical (unpaired) electrons. The van der Waals surface area contributed by atoms with Gasteiger partial charge in [0.05, 0.1) is 5.02 Å². The van der Waals surface area contributed by atoms with Crippen LogP contribution in [0.15, 0.2) is 14.7 Å². The van der Waals surface area contributed by atoms with Crippen LogP contribution in [-0.2, 0) is 19.6 Å². The van der Waals surface area contributed by atoms with Gasteiger partial charge in [-0.05, 0) is 45.1 Å². The summed E-state index contributed by atoms with van der Waals surface area (Å²) < 4.78 is 34.2. The van der Waals surface area contributed by atoms with Crippen molar-refractivity contribution >= 4 is 62.3 Å². The number of rotatable bonds is 4. The van der Waals surface area contributed by atoms with E-state index in [0.717, 1.165) is 11.3 Å². The molecule has 1 aliphatic heterocycles. The van der Waals surface area contributed by atoms with Crippen LogP contribution >= 0.6 is 34.5 Å². The van der Waals surface area contributed by atoms with Gasteiger partial charge in [0, 0.05) is 6.54 Å². The molecule has 3 heterocycles. The predicted octanol–water partition coefficient (Wildman–Crippen LogP) is 2.93. The first-order chi connectivity index (χ1) is 17.3. The third-order valence-corrected chi connectivity index (χ3v) is 9.53. The van der Waals surface area contributed by atoms with Crippen molar-refractivity contribution in [2.24, 2.45) is 5.92 Å². The molecule has 3 atom stereocenters. The molecule has 15 heteroatoms. The summed E-state index contributed by atoms with van der Waals surface area (Å²) in [5.74, 6) is -1.48. The van der Waals surface area contributed by atoms with Crippen molar-refractivity contribution in [3.63, 3.8) is 0 Å². The molecule has 0 aliphatic carbocycles. The summed E-state index contributed by atoms with van der Waals surface area (Å²) in [7, 11) is -4.12. The van der Waals surface area contributed by atoms with Crippen LogP contribution in [0.1, 0.15) is 68.2 Å². The van der Waals surface area contributed by atoms with E-state index in [0.29, 0.717) is 12.8 Å². The molecule has 0 fully saturated rings. The summed E-state index contributed by atoms with van der Waals surface area (Å²) in [6, 6.07) is -1.49. The molecule has 204 valence electrons. The highest BCUT2D eigenvalue weighted by atomic mass is 35.5. The van der Waals surface area contributed by atoms with Gasteiger partial charge in [-0.25, -0.2) is 13.4 Å². The van der Waals surface area contributed by atoms with Crippen molar-refractivity contribution in [1.82, 2.24) is 25.7 Å². The van der Waals surface area contributed by atoms with E-state index in [4.69, 9.17) is 27.6 Å². The maximum Gasteiger partial charge on any atom is 0.274 e. The number of aromatic nitrogens is 1. The molecule has 2 aromatic rings. The highest BCUT2D eigenvalue weighted by molar-refractivity contribution is 7.91. The minimum absolute atomic E-state index is 0.00894. The monoisotopic (exact) mass is 593 g/mol. The fourth-order valence-corrected chi connectivity index (χ4v) is 6.77. The smallest absolute Gasteiger partial charge is 0.274 e. The van der Waals surface area contributed by atoms with Crippen LogP contribution in [-0.4, -0.2) is 49.8 Å². The van der Waals surface area contributed by atoms with Crippen LogP contribution in [0, 0.1) is 12.8 Å². The SMILES string of the molecule is Cc1oc2nc1C(=O)N[C@H](C)C(=O)NCCCC[C@H](NS(=O)(=O)c1cc(Cl)c(Cl)s1)C(=O)N[C@H]2C(C)C. The van der Waals surface area contributed by atoms with E-state index in [9.17, 15) is 22.8 Å². The third-order valence-electron chi connectivity index (χ3n) is 5.72. The Morgan fingerprint density at radius 2 is 1.86 bits per heavy atom. The zero-order valence-corrected chi connectivity index (χ0v) is 23.8. The Labute approximate surface area is 229 Å². The molecule has 0 saturated heterocycles. The van der Waals surface area contributed by atoms with E-state index in [2.05, 4.69) is 25.7 Å². The van der Waals surface area contributed by atoms with Crippen LogP contribution in [0.4, 0.5) is 0 Å². The molecule has 2 aromatic heterocycles. The van der Waals surface area contributed by atoms with Crippen LogP contribution in [0.3, 0.4) is 0 Å². The lowest BCUT2D eigenvalue weighted by Gasteiger charge is -2.24. The van der Waals surface area contributed by atoms with Crippen molar-refractivity contribution in [2.75, 3.05) is 6.54 Å². The zero-order chi connectivity index (χ0) is 27.5. The van der Waals surface area contributed by atoms with E-state index in [1.807, 2.05) is 13.8 Å². The fraction of sp³-hybridized carbons (Fsp3) is 0.545. The Morgan fingerprint density at radius 3 is 2.49 bits per heavy atom. The van der Waals surface area contributed by atoms with Crippen LogP contribution in [0.25, 0.3) is 0 Å². The summed E-state index contributed by atoms with van der Waals surface area (Å²) in [5.41, 5.74) is -0.00894. The summed E-state index contributed by atoms with van der Waals surface area (Å²) in [4.78, 5) is 42.8. The number of aryl methyl sites for hydroxylation is 1. The van der Waals surface area contributed by atoms with Gasteiger partial charge in [0.25, 0.3) is 15.9 Å². The van der Waals surface area contributed by atoms with Gasteiger partial charge in [-0.2, -0.15) is 4.72 Å². The number of hydrogen-bond donors (Lipinski definition) is 4. The summed E-state index contributed by atoms with van der Waals surface area (Å²) in [6.07, 6.45) is 1.05. The zero-order valence-electron chi connectivity index (χ0n) is 20.7. The largest absolute Gasteiger partial charge is 0.443 e. The Hall–Kier alpha value is -2.19. The maximum absolute atomic E-state index is 13.4. The summed E-state index contributed by atoms with van der Waals surface area (Å²) in [5, 5.41) is 8.23. The number of nitrogens with zero attached hydrogens (tertiary/aromatic N) is 1. The summed E-state index contributed by atoms with van der Waals surface area (Å²) >= 11 is 12.6. The van der Waals surface area contributed by atoms with E-state index in [1.165, 1.54) is 6.07 Å². The topological polar surface area (TPSA) is 160 Å². The van der Waals surface area contributed by atoms with Crippen LogP contribution in [0.5, 0.6) is 0 Å². The number of halogens is 2. The standard InChI is InChI=1S/C22H29Cl2N5O6S2/c1-10(2)16-22-28-17(12(4)35-22)21(32)26-11(3)19(30)25-8-6-5-7-14(20(31)27-16)29-37(33,34)15-9-13(23)18(24)36-15/h9-11,14,16,29H,5-8H2,1-4H3,(H,25,30)(H,26,32)(H,27,31)/t11-,14+,16+/m1/s1. The lowest BCUT2D eigenvalue weighted by molar-refractivity contribution is -0.124. The number of sulfonamides is 1. The predicted molar refractivity (Wildman–Crippen MR) is 139 cm³/mol. The summed E-state index contributed by atoms with van der Waals surface area (Å²) in [6.45, 7) is 7.03. The van der Waals surface area contributed by atoms with E-state index >= 15 is 0 Å². The fourth-order valence-electron chi connectivity index (χ4n) is 3.64. The number of nitrogens with one attached hydrogen (secondary N) is 4. The Kier molecular flexibility index (Phi) is 9.62. The van der Waals surface area contributed by atoms with Crippen LogP contribution in [0.2, 0.25) is 9.36 Å². The van der Waals surface area contributed by atoms with E-state index < -0.39 is 40.0 Å². The van der Waals surface area contributed by atoms with Crippen molar-refractivity contribution in [3.05, 3.63) is 32.8 Å². The maximum atomic E-state index is 13.4. The number of carbonyl (C=O) groups excluding carboxylic acids is 3. The second kappa shape index (κ2) is 12.1.